The molecule has 0 aromatic heterocycles. The SMILES string of the molecule is CCCCCCCCCCCCCCCC(=O)CC(O)(C(=O)CCCCCCCCCCCCCCC)C(O)C(C[N+](C)(C)C)OP(=O)([O-])O. The lowest BCUT2D eigenvalue weighted by molar-refractivity contribution is -0.873. The van der Waals surface area contributed by atoms with E-state index in [-0.39, 0.29) is 29.7 Å². The zero-order valence-corrected chi connectivity index (χ0v) is 34.0. The summed E-state index contributed by atoms with van der Waals surface area (Å²) in [4.78, 5) is 47.8. The lowest BCUT2D eigenvalue weighted by Crippen LogP contribution is -2.59. The Morgan fingerprint density at radius 3 is 1.28 bits per heavy atom. The van der Waals surface area contributed by atoms with Crippen molar-refractivity contribution in [2.75, 3.05) is 27.7 Å². The van der Waals surface area contributed by atoms with Crippen LogP contribution in [-0.4, -0.2) is 76.7 Å². The average Bonchev–Trinajstić information content (AvgIpc) is 3.03. The molecule has 0 amide bonds. The number of carbonyl (C=O) groups excluding carboxylic acids is 2. The van der Waals surface area contributed by atoms with E-state index < -0.39 is 37.8 Å². The third-order valence-corrected chi connectivity index (χ3v) is 10.4. The molecule has 9 nitrogen and oxygen atoms in total. The number of likely N-dealkylation sites (N-methyl/N-ethyl adjacent to an activating group) is 1. The van der Waals surface area contributed by atoms with Crippen molar-refractivity contribution < 1.29 is 43.2 Å². The van der Waals surface area contributed by atoms with E-state index in [1.54, 1.807) is 21.1 Å². The molecular weight excluding hydrogens is 653 g/mol. The minimum absolute atomic E-state index is 0.0391. The molecule has 0 bridgehead atoms. The van der Waals surface area contributed by atoms with Crippen LogP contribution in [0.25, 0.3) is 0 Å². The first kappa shape index (κ1) is 49.3. The Labute approximate surface area is 307 Å². The molecule has 0 aliphatic rings. The number of Topliss-reactive ketones (excluding diaryl/α,β-unsaturated/α-hetero) is 2. The van der Waals surface area contributed by atoms with Crippen molar-refractivity contribution in [1.82, 2.24) is 0 Å². The number of ketones is 2. The lowest BCUT2D eigenvalue weighted by atomic mass is 9.81. The van der Waals surface area contributed by atoms with Crippen LogP contribution in [0.3, 0.4) is 0 Å². The molecule has 10 heteroatoms. The van der Waals surface area contributed by atoms with Gasteiger partial charge in [0, 0.05) is 19.3 Å². The van der Waals surface area contributed by atoms with Gasteiger partial charge in [0.05, 0.1) is 21.1 Å². The van der Waals surface area contributed by atoms with E-state index in [9.17, 15) is 34.2 Å². The topological polar surface area (TPSA) is 144 Å². The molecule has 0 rings (SSSR count). The number of phosphoric ester groups is 1. The first-order chi connectivity index (χ1) is 23.7. The number of rotatable bonds is 37. The normalized spacial score (nSPS) is 15.8. The number of hydrogen-bond acceptors (Lipinski definition) is 7. The fourth-order valence-corrected chi connectivity index (χ4v) is 7.35. The van der Waals surface area contributed by atoms with E-state index in [4.69, 9.17) is 4.52 Å². The summed E-state index contributed by atoms with van der Waals surface area (Å²) in [5, 5.41) is 23.0. The second kappa shape index (κ2) is 29.7. The molecule has 3 N–H and O–H groups in total. The van der Waals surface area contributed by atoms with Crippen LogP contribution in [0.4, 0.5) is 0 Å². The summed E-state index contributed by atoms with van der Waals surface area (Å²) in [5.74, 6) is -1.05. The van der Waals surface area contributed by atoms with Crippen LogP contribution < -0.4 is 4.89 Å². The Bertz CT molecular complexity index is 889. The van der Waals surface area contributed by atoms with Gasteiger partial charge in [-0.3, -0.25) is 14.2 Å². The predicted octanol–water partition coefficient (Wildman–Crippen LogP) is 9.12. The van der Waals surface area contributed by atoms with Gasteiger partial charge in [0.15, 0.2) is 11.4 Å². The maximum Gasteiger partial charge on any atom is 0.265 e. The fraction of sp³-hybridized carbons (Fsp3) is 0.950. The summed E-state index contributed by atoms with van der Waals surface area (Å²) >= 11 is 0. The van der Waals surface area contributed by atoms with E-state index in [2.05, 4.69) is 13.8 Å². The van der Waals surface area contributed by atoms with Crippen LogP contribution >= 0.6 is 7.82 Å². The van der Waals surface area contributed by atoms with Crippen LogP contribution in [0.5, 0.6) is 0 Å². The second-order valence-electron chi connectivity index (χ2n) is 16.1. The van der Waals surface area contributed by atoms with Crippen molar-refractivity contribution in [1.29, 1.82) is 0 Å². The van der Waals surface area contributed by atoms with Gasteiger partial charge in [-0.1, -0.05) is 168 Å². The number of carbonyl (C=O) groups is 2. The summed E-state index contributed by atoms with van der Waals surface area (Å²) in [7, 11) is -0.138. The molecule has 4 atom stereocenters. The van der Waals surface area contributed by atoms with E-state index in [0.29, 0.717) is 12.8 Å². The van der Waals surface area contributed by atoms with Crippen molar-refractivity contribution >= 4 is 19.4 Å². The first-order valence-electron chi connectivity index (χ1n) is 20.6. The minimum atomic E-state index is -5.32. The number of aliphatic hydroxyl groups is 2. The van der Waals surface area contributed by atoms with Gasteiger partial charge in [0.25, 0.3) is 7.82 Å². The standard InChI is InChI=1S/C40H80NO8P/c1-6-8-10-12-14-16-18-20-22-24-26-28-30-32-36(42)34-40(45,39(44)37(35-41(3,4)5)49-50(46,47)48)38(43)33-31-29-27-25-23-21-19-17-15-13-11-9-7-2/h37,39,44-45H,6-35H2,1-5H3,(H-,46,47,48). The number of phosphoric acid groups is 1. The zero-order valence-electron chi connectivity index (χ0n) is 33.1. The van der Waals surface area contributed by atoms with Crippen molar-refractivity contribution in [2.24, 2.45) is 0 Å². The average molecular weight is 734 g/mol. The number of unbranched alkanes of at least 4 members (excludes halogenated alkanes) is 24. The van der Waals surface area contributed by atoms with Gasteiger partial charge >= 0.3 is 0 Å². The van der Waals surface area contributed by atoms with Crippen molar-refractivity contribution in [2.45, 2.75) is 218 Å². The van der Waals surface area contributed by atoms with E-state index in [1.165, 1.54) is 109 Å². The Balaban J connectivity index is 4.93. The summed E-state index contributed by atoms with van der Waals surface area (Å²) in [5.41, 5.74) is -2.51. The van der Waals surface area contributed by atoms with Gasteiger partial charge in [0.2, 0.25) is 0 Å². The molecule has 50 heavy (non-hydrogen) atoms. The third-order valence-electron chi connectivity index (χ3n) is 9.85. The van der Waals surface area contributed by atoms with Crippen LogP contribution in [0.2, 0.25) is 0 Å². The largest absolute Gasteiger partial charge is 0.756 e. The molecule has 0 radical (unpaired) electrons. The second-order valence-corrected chi connectivity index (χ2v) is 17.2. The Morgan fingerprint density at radius 1 is 0.640 bits per heavy atom. The van der Waals surface area contributed by atoms with Gasteiger partial charge in [-0.05, 0) is 12.8 Å². The highest BCUT2D eigenvalue weighted by molar-refractivity contribution is 7.44. The molecule has 298 valence electrons. The lowest BCUT2D eigenvalue weighted by Gasteiger charge is -2.39. The van der Waals surface area contributed by atoms with Crippen molar-refractivity contribution in [3.8, 4) is 0 Å². The summed E-state index contributed by atoms with van der Waals surface area (Å²) in [6.45, 7) is 4.34. The summed E-state index contributed by atoms with van der Waals surface area (Å²) < 4.78 is 16.7. The molecule has 0 aromatic rings. The Kier molecular flexibility index (Phi) is 29.3. The van der Waals surface area contributed by atoms with Crippen LogP contribution in [0.1, 0.15) is 200 Å². The predicted molar refractivity (Wildman–Crippen MR) is 204 cm³/mol. The van der Waals surface area contributed by atoms with Crippen LogP contribution in [0, 0.1) is 0 Å². The van der Waals surface area contributed by atoms with E-state index in [1.807, 2.05) is 0 Å². The molecule has 0 fully saturated rings. The highest BCUT2D eigenvalue weighted by Crippen LogP contribution is 2.37. The molecule has 0 saturated carbocycles. The minimum Gasteiger partial charge on any atom is -0.756 e. The molecule has 0 aromatic carbocycles. The molecule has 0 spiro atoms. The van der Waals surface area contributed by atoms with Crippen molar-refractivity contribution in [3.05, 3.63) is 0 Å². The van der Waals surface area contributed by atoms with Gasteiger partial charge in [-0.2, -0.15) is 0 Å². The van der Waals surface area contributed by atoms with Gasteiger partial charge in [-0.25, -0.2) is 0 Å². The highest BCUT2D eigenvalue weighted by Gasteiger charge is 2.49. The maximum absolute atomic E-state index is 13.5. The van der Waals surface area contributed by atoms with Crippen LogP contribution in [-0.2, 0) is 18.7 Å². The Hall–Kier alpha value is -0.670. The first-order valence-corrected chi connectivity index (χ1v) is 22.1. The quantitative estimate of drug-likeness (QED) is 0.0326. The number of aliphatic hydroxyl groups excluding tert-OH is 1. The third kappa shape index (κ3) is 27.9. The highest BCUT2D eigenvalue weighted by atomic mass is 31.2. The van der Waals surface area contributed by atoms with Crippen molar-refractivity contribution in [3.63, 3.8) is 0 Å². The zero-order chi connectivity index (χ0) is 37.7. The molecule has 0 saturated heterocycles. The fourth-order valence-electron chi connectivity index (χ4n) is 6.83. The summed E-state index contributed by atoms with van der Waals surface area (Å²) in [6.07, 6.45) is 25.9. The van der Waals surface area contributed by atoms with Gasteiger partial charge < -0.3 is 29.0 Å². The number of nitrogens with zero attached hydrogens (tertiary/aromatic N) is 1. The summed E-state index contributed by atoms with van der Waals surface area (Å²) in [6, 6.07) is 0. The van der Waals surface area contributed by atoms with Crippen LogP contribution in [0.15, 0.2) is 0 Å². The maximum atomic E-state index is 13.5. The molecule has 4 unspecified atom stereocenters. The monoisotopic (exact) mass is 734 g/mol. The molecule has 0 heterocycles. The Morgan fingerprint density at radius 2 is 0.960 bits per heavy atom. The smallest absolute Gasteiger partial charge is 0.265 e. The molecular formula is C40H80NO8P. The van der Waals surface area contributed by atoms with E-state index in [0.717, 1.165) is 44.9 Å². The molecule has 0 aliphatic carbocycles. The number of quaternary nitrogens is 1. The van der Waals surface area contributed by atoms with Gasteiger partial charge in [-0.15, -0.1) is 0 Å². The number of hydrogen-bond donors (Lipinski definition) is 3. The molecule has 0 aliphatic heterocycles. The van der Waals surface area contributed by atoms with Gasteiger partial charge in [0.1, 0.15) is 24.5 Å². The van der Waals surface area contributed by atoms with E-state index >= 15 is 0 Å².